The van der Waals surface area contributed by atoms with Crippen molar-refractivity contribution in [2.24, 2.45) is 0 Å². The van der Waals surface area contributed by atoms with Crippen LogP contribution in [0.25, 0.3) is 0 Å². The summed E-state index contributed by atoms with van der Waals surface area (Å²) >= 11 is 0. The van der Waals surface area contributed by atoms with Crippen molar-refractivity contribution in [3.8, 4) is 0 Å². The predicted octanol–water partition coefficient (Wildman–Crippen LogP) is 2.80. The van der Waals surface area contributed by atoms with Crippen molar-refractivity contribution in [1.82, 2.24) is 10.2 Å². The van der Waals surface area contributed by atoms with Gasteiger partial charge in [-0.25, -0.2) is 0 Å². The molecule has 1 atom stereocenters. The summed E-state index contributed by atoms with van der Waals surface area (Å²) < 4.78 is 5.00. The zero-order valence-electron chi connectivity index (χ0n) is 16.7. The summed E-state index contributed by atoms with van der Waals surface area (Å²) in [6.45, 7) is 5.11. The Bertz CT molecular complexity index is 849. The Hall–Kier alpha value is -3.15. The number of nitrogens with zero attached hydrogens (tertiary/aromatic N) is 1. The van der Waals surface area contributed by atoms with Gasteiger partial charge < -0.3 is 15.0 Å². The topological polar surface area (TPSA) is 75.7 Å². The van der Waals surface area contributed by atoms with Crippen molar-refractivity contribution < 1.29 is 19.1 Å². The second-order valence-electron chi connectivity index (χ2n) is 6.73. The molecule has 1 N–H and O–H groups in total. The van der Waals surface area contributed by atoms with E-state index >= 15 is 0 Å². The lowest BCUT2D eigenvalue weighted by Crippen LogP contribution is -2.36. The standard InChI is InChI=1S/C22H26N2O4/c1-15-10-11-19(12-16(15)2)22(27)23-13-21(26)28-14-20(25)24(4)17(3)18-8-6-5-7-9-18/h5-12,17H,13-14H2,1-4H3,(H,23,27). The highest BCUT2D eigenvalue weighted by molar-refractivity contribution is 5.96. The number of amides is 2. The van der Waals surface area contributed by atoms with Crippen LogP contribution < -0.4 is 5.32 Å². The zero-order valence-corrected chi connectivity index (χ0v) is 16.7. The number of rotatable bonds is 7. The van der Waals surface area contributed by atoms with Crippen molar-refractivity contribution in [3.63, 3.8) is 0 Å². The SMILES string of the molecule is Cc1ccc(C(=O)NCC(=O)OCC(=O)N(C)C(C)c2ccccc2)cc1C. The molecule has 148 valence electrons. The zero-order chi connectivity index (χ0) is 20.7. The molecular formula is C22H26N2O4. The molecular weight excluding hydrogens is 356 g/mol. The van der Waals surface area contributed by atoms with Crippen LogP contribution in [0.5, 0.6) is 0 Å². The van der Waals surface area contributed by atoms with Gasteiger partial charge in [0.25, 0.3) is 11.8 Å². The fraction of sp³-hybridized carbons (Fsp3) is 0.318. The fourth-order valence-corrected chi connectivity index (χ4v) is 2.60. The molecule has 6 heteroatoms. The van der Waals surface area contributed by atoms with Crippen LogP contribution in [-0.4, -0.2) is 42.9 Å². The summed E-state index contributed by atoms with van der Waals surface area (Å²) in [7, 11) is 1.66. The van der Waals surface area contributed by atoms with E-state index in [0.717, 1.165) is 16.7 Å². The molecule has 0 radical (unpaired) electrons. The maximum Gasteiger partial charge on any atom is 0.325 e. The quantitative estimate of drug-likeness (QED) is 0.747. The van der Waals surface area contributed by atoms with E-state index in [0.29, 0.717) is 5.56 Å². The number of carbonyl (C=O) groups is 3. The van der Waals surface area contributed by atoms with Crippen LogP contribution >= 0.6 is 0 Å². The Balaban J connectivity index is 1.79. The smallest absolute Gasteiger partial charge is 0.325 e. The molecule has 0 aliphatic carbocycles. The molecule has 1 unspecified atom stereocenters. The largest absolute Gasteiger partial charge is 0.454 e. The van der Waals surface area contributed by atoms with Crippen LogP contribution in [0.15, 0.2) is 48.5 Å². The number of benzene rings is 2. The van der Waals surface area contributed by atoms with E-state index in [9.17, 15) is 14.4 Å². The molecule has 2 amide bonds. The van der Waals surface area contributed by atoms with Gasteiger partial charge in [0, 0.05) is 12.6 Å². The van der Waals surface area contributed by atoms with Gasteiger partial charge >= 0.3 is 5.97 Å². The Labute approximate surface area is 165 Å². The van der Waals surface area contributed by atoms with Gasteiger partial charge in [0.2, 0.25) is 0 Å². The summed E-state index contributed by atoms with van der Waals surface area (Å²) in [6.07, 6.45) is 0. The van der Waals surface area contributed by atoms with Crippen LogP contribution in [0.1, 0.15) is 40.0 Å². The van der Waals surface area contributed by atoms with Gasteiger partial charge in [-0.3, -0.25) is 14.4 Å². The molecule has 0 aromatic heterocycles. The van der Waals surface area contributed by atoms with Crippen LogP contribution in [0.3, 0.4) is 0 Å². The van der Waals surface area contributed by atoms with Crippen molar-refractivity contribution in [2.45, 2.75) is 26.8 Å². The number of aryl methyl sites for hydroxylation is 2. The molecule has 0 spiro atoms. The van der Waals surface area contributed by atoms with Gasteiger partial charge in [0.05, 0.1) is 6.04 Å². The molecule has 2 rings (SSSR count). The Morgan fingerprint density at radius 2 is 1.71 bits per heavy atom. The minimum atomic E-state index is -0.661. The van der Waals surface area contributed by atoms with Gasteiger partial charge in [-0.15, -0.1) is 0 Å². The minimum Gasteiger partial charge on any atom is -0.454 e. The van der Waals surface area contributed by atoms with E-state index < -0.39 is 5.97 Å². The van der Waals surface area contributed by atoms with Gasteiger partial charge in [0.15, 0.2) is 6.61 Å². The molecule has 0 bridgehead atoms. The third-order valence-corrected chi connectivity index (χ3v) is 4.78. The summed E-state index contributed by atoms with van der Waals surface area (Å²) in [5, 5.41) is 2.51. The highest BCUT2D eigenvalue weighted by Crippen LogP contribution is 2.18. The molecule has 6 nitrogen and oxygen atoms in total. The van der Waals surface area contributed by atoms with E-state index in [1.54, 1.807) is 19.2 Å². The summed E-state index contributed by atoms with van der Waals surface area (Å²) in [4.78, 5) is 37.7. The average molecular weight is 382 g/mol. The van der Waals surface area contributed by atoms with Crippen LogP contribution in [-0.2, 0) is 14.3 Å². The lowest BCUT2D eigenvalue weighted by molar-refractivity contribution is -0.151. The number of likely N-dealkylation sites (N-methyl/N-ethyl adjacent to an activating group) is 1. The molecule has 0 fully saturated rings. The second kappa shape index (κ2) is 9.69. The van der Waals surface area contributed by atoms with Gasteiger partial charge in [-0.2, -0.15) is 0 Å². The lowest BCUT2D eigenvalue weighted by Gasteiger charge is -2.25. The monoisotopic (exact) mass is 382 g/mol. The number of hydrogen-bond donors (Lipinski definition) is 1. The van der Waals surface area contributed by atoms with Crippen LogP contribution in [0.4, 0.5) is 0 Å². The Morgan fingerprint density at radius 1 is 1.04 bits per heavy atom. The second-order valence-corrected chi connectivity index (χ2v) is 6.73. The van der Waals surface area contributed by atoms with E-state index in [1.165, 1.54) is 4.90 Å². The molecule has 0 saturated heterocycles. The normalized spacial score (nSPS) is 11.4. The first-order valence-electron chi connectivity index (χ1n) is 9.11. The number of nitrogens with one attached hydrogen (secondary N) is 1. The van der Waals surface area contributed by atoms with E-state index in [-0.39, 0.29) is 31.0 Å². The van der Waals surface area contributed by atoms with Crippen molar-refractivity contribution in [3.05, 3.63) is 70.8 Å². The summed E-state index contributed by atoms with van der Waals surface area (Å²) in [6, 6.07) is 14.8. The molecule has 0 aliphatic heterocycles. The number of carbonyl (C=O) groups excluding carboxylic acids is 3. The van der Waals surface area contributed by atoms with Crippen LogP contribution in [0.2, 0.25) is 0 Å². The third kappa shape index (κ3) is 5.67. The van der Waals surface area contributed by atoms with E-state index in [2.05, 4.69) is 5.32 Å². The summed E-state index contributed by atoms with van der Waals surface area (Å²) in [5.41, 5.74) is 3.55. The average Bonchev–Trinajstić information content (AvgIpc) is 2.71. The van der Waals surface area contributed by atoms with Crippen molar-refractivity contribution in [2.75, 3.05) is 20.2 Å². The minimum absolute atomic E-state index is 0.142. The molecule has 0 saturated carbocycles. The first-order chi connectivity index (χ1) is 13.3. The van der Waals surface area contributed by atoms with Gasteiger partial charge in [-0.05, 0) is 49.6 Å². The molecule has 2 aromatic rings. The number of hydrogen-bond acceptors (Lipinski definition) is 4. The van der Waals surface area contributed by atoms with E-state index in [1.807, 2.05) is 57.2 Å². The van der Waals surface area contributed by atoms with Crippen LogP contribution in [0, 0.1) is 13.8 Å². The maximum atomic E-state index is 12.3. The Kier molecular flexibility index (Phi) is 7.32. The fourth-order valence-electron chi connectivity index (χ4n) is 2.60. The number of esters is 1. The van der Waals surface area contributed by atoms with Crippen molar-refractivity contribution >= 4 is 17.8 Å². The third-order valence-electron chi connectivity index (χ3n) is 4.78. The Morgan fingerprint density at radius 3 is 2.36 bits per heavy atom. The van der Waals surface area contributed by atoms with E-state index in [4.69, 9.17) is 4.74 Å². The molecule has 0 heterocycles. The predicted molar refractivity (Wildman–Crippen MR) is 107 cm³/mol. The molecule has 0 aliphatic rings. The molecule has 2 aromatic carbocycles. The highest BCUT2D eigenvalue weighted by Gasteiger charge is 2.19. The lowest BCUT2D eigenvalue weighted by atomic mass is 10.1. The maximum absolute atomic E-state index is 12.3. The van der Waals surface area contributed by atoms with Gasteiger partial charge in [0.1, 0.15) is 6.54 Å². The summed E-state index contributed by atoms with van der Waals surface area (Å²) in [5.74, 6) is -1.34. The van der Waals surface area contributed by atoms with Crippen molar-refractivity contribution in [1.29, 1.82) is 0 Å². The van der Waals surface area contributed by atoms with Gasteiger partial charge in [-0.1, -0.05) is 36.4 Å². The first-order valence-corrected chi connectivity index (χ1v) is 9.11. The first kappa shape index (κ1) is 21.2. The number of ether oxygens (including phenoxy) is 1. The highest BCUT2D eigenvalue weighted by atomic mass is 16.5. The molecule has 28 heavy (non-hydrogen) atoms.